The standard InChI is InChI=1S/C18H19N5O3/c24-16(21-22-18(26)17(25)20-15-7-8-15)9-6-14-10-19-23(12-14)11-13-4-2-1-3-5-13/h1-6,9-10,12,15H,7-8,11H2,(H,20,25)(H,21,24)(H,22,26)/b9-6+. The molecule has 0 spiro atoms. The molecule has 1 aromatic carbocycles. The lowest BCUT2D eigenvalue weighted by atomic mass is 10.2. The molecule has 8 nitrogen and oxygen atoms in total. The molecule has 1 fully saturated rings. The Hall–Kier alpha value is -3.42. The maximum atomic E-state index is 11.7. The van der Waals surface area contributed by atoms with E-state index >= 15 is 0 Å². The quantitative estimate of drug-likeness (QED) is 0.410. The second-order valence-electron chi connectivity index (χ2n) is 5.98. The highest BCUT2D eigenvalue weighted by atomic mass is 16.2. The van der Waals surface area contributed by atoms with Gasteiger partial charge in [-0.1, -0.05) is 30.3 Å². The molecule has 1 heterocycles. The molecule has 0 saturated heterocycles. The summed E-state index contributed by atoms with van der Waals surface area (Å²) in [6, 6.07) is 9.97. The largest absolute Gasteiger partial charge is 0.345 e. The normalized spacial score (nSPS) is 13.4. The Kier molecular flexibility index (Phi) is 5.43. The molecule has 134 valence electrons. The molecule has 1 aromatic heterocycles. The molecule has 0 atom stereocenters. The van der Waals surface area contributed by atoms with Gasteiger partial charge in [0.1, 0.15) is 0 Å². The van der Waals surface area contributed by atoms with Crippen molar-refractivity contribution in [2.75, 3.05) is 0 Å². The summed E-state index contributed by atoms with van der Waals surface area (Å²) in [5, 5.41) is 6.76. The molecule has 0 unspecified atom stereocenters. The van der Waals surface area contributed by atoms with Crippen LogP contribution in [0.15, 0.2) is 48.8 Å². The Labute approximate surface area is 150 Å². The van der Waals surface area contributed by atoms with Gasteiger partial charge in [0, 0.05) is 23.9 Å². The molecule has 26 heavy (non-hydrogen) atoms. The second kappa shape index (κ2) is 8.11. The van der Waals surface area contributed by atoms with E-state index in [0.29, 0.717) is 6.54 Å². The number of rotatable bonds is 5. The molecule has 3 rings (SSSR count). The summed E-state index contributed by atoms with van der Waals surface area (Å²) >= 11 is 0. The molecular weight excluding hydrogens is 334 g/mol. The van der Waals surface area contributed by atoms with Crippen molar-refractivity contribution in [2.24, 2.45) is 0 Å². The molecule has 0 bridgehead atoms. The van der Waals surface area contributed by atoms with Gasteiger partial charge in [0.2, 0.25) is 0 Å². The average molecular weight is 353 g/mol. The summed E-state index contributed by atoms with van der Waals surface area (Å²) in [5.41, 5.74) is 6.09. The van der Waals surface area contributed by atoms with E-state index in [1.54, 1.807) is 23.2 Å². The van der Waals surface area contributed by atoms with Crippen molar-refractivity contribution < 1.29 is 14.4 Å². The number of hydrogen-bond acceptors (Lipinski definition) is 4. The average Bonchev–Trinajstić information content (AvgIpc) is 3.35. The second-order valence-corrected chi connectivity index (χ2v) is 5.98. The lowest BCUT2D eigenvalue weighted by molar-refractivity contribution is -0.140. The fourth-order valence-electron chi connectivity index (χ4n) is 2.19. The zero-order valence-electron chi connectivity index (χ0n) is 14.0. The first-order valence-corrected chi connectivity index (χ1v) is 8.25. The zero-order valence-corrected chi connectivity index (χ0v) is 14.0. The fourth-order valence-corrected chi connectivity index (χ4v) is 2.19. The van der Waals surface area contributed by atoms with Gasteiger partial charge in [0.05, 0.1) is 12.7 Å². The van der Waals surface area contributed by atoms with Crippen LogP contribution in [0.1, 0.15) is 24.0 Å². The van der Waals surface area contributed by atoms with Crippen molar-refractivity contribution in [1.82, 2.24) is 25.9 Å². The van der Waals surface area contributed by atoms with E-state index in [-0.39, 0.29) is 6.04 Å². The summed E-state index contributed by atoms with van der Waals surface area (Å²) < 4.78 is 1.76. The summed E-state index contributed by atoms with van der Waals surface area (Å²) in [4.78, 5) is 34.6. The van der Waals surface area contributed by atoms with Crippen molar-refractivity contribution in [3.8, 4) is 0 Å². The van der Waals surface area contributed by atoms with E-state index in [4.69, 9.17) is 0 Å². The molecule has 2 aromatic rings. The van der Waals surface area contributed by atoms with Crippen molar-refractivity contribution in [3.63, 3.8) is 0 Å². The number of carbonyl (C=O) groups is 3. The van der Waals surface area contributed by atoms with Crippen LogP contribution in [0.25, 0.3) is 6.08 Å². The molecule has 1 saturated carbocycles. The van der Waals surface area contributed by atoms with E-state index in [0.717, 1.165) is 24.0 Å². The minimum atomic E-state index is -0.894. The van der Waals surface area contributed by atoms with E-state index in [2.05, 4.69) is 21.3 Å². The number of aromatic nitrogens is 2. The minimum Gasteiger partial charge on any atom is -0.345 e. The topological polar surface area (TPSA) is 105 Å². The van der Waals surface area contributed by atoms with Crippen LogP contribution >= 0.6 is 0 Å². The zero-order chi connectivity index (χ0) is 18.4. The summed E-state index contributed by atoms with van der Waals surface area (Å²) in [7, 11) is 0. The fraction of sp³-hybridized carbons (Fsp3) is 0.222. The van der Waals surface area contributed by atoms with E-state index in [1.807, 2.05) is 30.3 Å². The summed E-state index contributed by atoms with van der Waals surface area (Å²) in [5.74, 6) is -2.19. The predicted molar refractivity (Wildman–Crippen MR) is 94.3 cm³/mol. The number of nitrogens with zero attached hydrogens (tertiary/aromatic N) is 2. The SMILES string of the molecule is O=C(/C=C/c1cnn(Cc2ccccc2)c1)NNC(=O)C(=O)NC1CC1. The molecule has 1 aliphatic rings. The smallest absolute Gasteiger partial charge is 0.327 e. The van der Waals surface area contributed by atoms with Gasteiger partial charge in [-0.25, -0.2) is 0 Å². The molecule has 8 heteroatoms. The first-order valence-electron chi connectivity index (χ1n) is 8.25. The third-order valence-electron chi connectivity index (χ3n) is 3.69. The molecule has 0 radical (unpaired) electrons. The van der Waals surface area contributed by atoms with Crippen molar-refractivity contribution >= 4 is 23.8 Å². The number of benzene rings is 1. The number of hydrazine groups is 1. The maximum Gasteiger partial charge on any atom is 0.327 e. The Balaban J connectivity index is 1.44. The van der Waals surface area contributed by atoms with Crippen LogP contribution in [0.2, 0.25) is 0 Å². The lowest BCUT2D eigenvalue weighted by Gasteiger charge is -2.05. The van der Waals surface area contributed by atoms with Crippen molar-refractivity contribution in [2.45, 2.75) is 25.4 Å². The molecule has 1 aliphatic carbocycles. The minimum absolute atomic E-state index is 0.0799. The Morgan fingerprint density at radius 2 is 1.88 bits per heavy atom. The highest BCUT2D eigenvalue weighted by Gasteiger charge is 2.26. The highest BCUT2D eigenvalue weighted by Crippen LogP contribution is 2.18. The molecule has 3 amide bonds. The first-order chi connectivity index (χ1) is 12.6. The van der Waals surface area contributed by atoms with Crippen LogP contribution in [0.3, 0.4) is 0 Å². The van der Waals surface area contributed by atoms with Gasteiger partial charge in [-0.05, 0) is 24.5 Å². The maximum absolute atomic E-state index is 11.7. The third kappa shape index (κ3) is 5.30. The Morgan fingerprint density at radius 1 is 1.12 bits per heavy atom. The number of amides is 3. The van der Waals surface area contributed by atoms with Gasteiger partial charge >= 0.3 is 11.8 Å². The summed E-state index contributed by atoms with van der Waals surface area (Å²) in [6.45, 7) is 0.632. The van der Waals surface area contributed by atoms with Crippen LogP contribution in [-0.2, 0) is 20.9 Å². The number of hydrogen-bond donors (Lipinski definition) is 3. The van der Waals surface area contributed by atoms with Gasteiger partial charge < -0.3 is 5.32 Å². The Morgan fingerprint density at radius 3 is 2.62 bits per heavy atom. The van der Waals surface area contributed by atoms with Crippen LogP contribution in [0.4, 0.5) is 0 Å². The molecular formula is C18H19N5O3. The van der Waals surface area contributed by atoms with Crippen LogP contribution < -0.4 is 16.2 Å². The van der Waals surface area contributed by atoms with Gasteiger partial charge in [0.15, 0.2) is 0 Å². The van der Waals surface area contributed by atoms with Gasteiger partial charge in [-0.3, -0.25) is 29.9 Å². The number of nitrogens with one attached hydrogen (secondary N) is 3. The van der Waals surface area contributed by atoms with Gasteiger partial charge in [0.25, 0.3) is 5.91 Å². The van der Waals surface area contributed by atoms with E-state index in [1.165, 1.54) is 6.08 Å². The Bertz CT molecular complexity index is 824. The van der Waals surface area contributed by atoms with Crippen LogP contribution in [-0.4, -0.2) is 33.5 Å². The van der Waals surface area contributed by atoms with Crippen LogP contribution in [0.5, 0.6) is 0 Å². The van der Waals surface area contributed by atoms with Gasteiger partial charge in [-0.15, -0.1) is 0 Å². The highest BCUT2D eigenvalue weighted by molar-refractivity contribution is 6.35. The van der Waals surface area contributed by atoms with Gasteiger partial charge in [-0.2, -0.15) is 5.10 Å². The molecule has 3 N–H and O–H groups in total. The number of carbonyl (C=O) groups excluding carboxylic acids is 3. The van der Waals surface area contributed by atoms with Crippen molar-refractivity contribution in [3.05, 3.63) is 59.9 Å². The van der Waals surface area contributed by atoms with Crippen molar-refractivity contribution in [1.29, 1.82) is 0 Å². The van der Waals surface area contributed by atoms with E-state index < -0.39 is 17.7 Å². The lowest BCUT2D eigenvalue weighted by Crippen LogP contribution is -2.48. The van der Waals surface area contributed by atoms with Crippen LogP contribution in [0, 0.1) is 0 Å². The summed E-state index contributed by atoms with van der Waals surface area (Å²) in [6.07, 6.45) is 8.02. The molecule has 0 aliphatic heterocycles. The predicted octanol–water partition coefficient (Wildman–Crippen LogP) is 0.371. The monoisotopic (exact) mass is 353 g/mol. The van der Waals surface area contributed by atoms with E-state index in [9.17, 15) is 14.4 Å². The third-order valence-corrected chi connectivity index (χ3v) is 3.69. The first kappa shape index (κ1) is 17.4.